The summed E-state index contributed by atoms with van der Waals surface area (Å²) in [6.07, 6.45) is 0.547. The van der Waals surface area contributed by atoms with E-state index in [1.807, 2.05) is 37.3 Å². The summed E-state index contributed by atoms with van der Waals surface area (Å²) in [5.41, 5.74) is 2.01. The van der Waals surface area contributed by atoms with Crippen LogP contribution in [-0.2, 0) is 11.8 Å². The molecule has 0 aliphatic carbocycles. The number of carbonyl (C=O) groups excluding carboxylic acids is 2. The molecule has 0 unspecified atom stereocenters. The lowest BCUT2D eigenvalue weighted by molar-refractivity contribution is -0.0693. The van der Waals surface area contributed by atoms with Crippen LogP contribution in [0.2, 0.25) is 0 Å². The molecule has 1 aromatic carbocycles. The van der Waals surface area contributed by atoms with Crippen LogP contribution in [0.3, 0.4) is 0 Å². The highest BCUT2D eigenvalue weighted by Gasteiger charge is 2.31. The molecule has 2 atom stereocenters. The van der Waals surface area contributed by atoms with Gasteiger partial charge in [-0.25, -0.2) is 0 Å². The molecular formula is C18H19BrN2O3. The maximum absolute atomic E-state index is 12.9. The molecule has 2 heterocycles. The zero-order chi connectivity index (χ0) is 17.3. The van der Waals surface area contributed by atoms with Crippen molar-refractivity contribution in [3.05, 3.63) is 57.8 Å². The van der Waals surface area contributed by atoms with E-state index >= 15 is 0 Å². The Kier molecular flexibility index (Phi) is 4.87. The van der Waals surface area contributed by atoms with E-state index in [0.717, 1.165) is 11.8 Å². The average Bonchev–Trinajstić information content (AvgIpc) is 2.88. The number of rotatable bonds is 3. The van der Waals surface area contributed by atoms with Crippen LogP contribution in [0.15, 0.2) is 40.9 Å². The van der Waals surface area contributed by atoms with Gasteiger partial charge in [-0.05, 0) is 34.5 Å². The Morgan fingerprint density at radius 2 is 2.00 bits per heavy atom. The van der Waals surface area contributed by atoms with Crippen LogP contribution in [-0.4, -0.2) is 40.9 Å². The number of hydrogen-bond donors (Lipinski definition) is 0. The smallest absolute Gasteiger partial charge is 0.270 e. The summed E-state index contributed by atoms with van der Waals surface area (Å²) in [7, 11) is 1.72. The topological polar surface area (TPSA) is 51.5 Å². The Hall–Kier alpha value is -1.92. The third-order valence-electron chi connectivity index (χ3n) is 4.28. The van der Waals surface area contributed by atoms with Crippen LogP contribution in [0.4, 0.5) is 0 Å². The Balaban J connectivity index is 1.86. The molecule has 2 aromatic rings. The van der Waals surface area contributed by atoms with Crippen molar-refractivity contribution in [1.82, 2.24) is 9.47 Å². The van der Waals surface area contributed by atoms with Crippen LogP contribution in [0.5, 0.6) is 0 Å². The summed E-state index contributed by atoms with van der Waals surface area (Å²) >= 11 is 3.33. The van der Waals surface area contributed by atoms with E-state index in [-0.39, 0.29) is 18.1 Å². The third kappa shape index (κ3) is 3.16. The Morgan fingerprint density at radius 1 is 1.29 bits per heavy atom. The predicted octanol–water partition coefficient (Wildman–Crippen LogP) is 3.20. The Bertz CT molecular complexity index is 757. The summed E-state index contributed by atoms with van der Waals surface area (Å²) in [5.74, 6) is -0.0950. The normalized spacial score (nSPS) is 20.9. The summed E-state index contributed by atoms with van der Waals surface area (Å²) in [4.78, 5) is 25.9. The number of nitrogens with zero attached hydrogens (tertiary/aromatic N) is 2. The van der Waals surface area contributed by atoms with Gasteiger partial charge < -0.3 is 14.2 Å². The standard InChI is InChI=1S/C18H19BrN2O3/c1-12-9-21(10-17(24-12)13-6-4-3-5-7-13)18(23)15-8-14(19)16(11-22)20(15)2/h3-8,11-12,17H,9-10H2,1-2H3/t12-,17+/m0/s1. The summed E-state index contributed by atoms with van der Waals surface area (Å²) in [6.45, 7) is 2.99. The van der Waals surface area contributed by atoms with Gasteiger partial charge in [-0.2, -0.15) is 0 Å². The minimum atomic E-state index is -0.145. The minimum absolute atomic E-state index is 0.0536. The van der Waals surface area contributed by atoms with Crippen LogP contribution >= 0.6 is 15.9 Å². The highest BCUT2D eigenvalue weighted by molar-refractivity contribution is 9.10. The fraction of sp³-hybridized carbons (Fsp3) is 0.333. The average molecular weight is 391 g/mol. The van der Waals surface area contributed by atoms with E-state index in [1.54, 1.807) is 22.6 Å². The first-order chi connectivity index (χ1) is 11.5. The van der Waals surface area contributed by atoms with Gasteiger partial charge in [0.05, 0.1) is 18.3 Å². The number of carbonyl (C=O) groups is 2. The first-order valence-electron chi connectivity index (χ1n) is 7.81. The maximum Gasteiger partial charge on any atom is 0.270 e. The van der Waals surface area contributed by atoms with Crippen molar-refractivity contribution in [3.8, 4) is 0 Å². The molecule has 1 amide bonds. The maximum atomic E-state index is 12.9. The van der Waals surface area contributed by atoms with E-state index in [1.165, 1.54) is 0 Å². The lowest BCUT2D eigenvalue weighted by atomic mass is 10.1. The van der Waals surface area contributed by atoms with Crippen LogP contribution in [0.25, 0.3) is 0 Å². The van der Waals surface area contributed by atoms with Crippen LogP contribution in [0.1, 0.15) is 39.6 Å². The van der Waals surface area contributed by atoms with Gasteiger partial charge in [-0.15, -0.1) is 0 Å². The lowest BCUT2D eigenvalue weighted by Crippen LogP contribution is -2.46. The summed E-state index contributed by atoms with van der Waals surface area (Å²) < 4.78 is 8.25. The van der Waals surface area contributed by atoms with Crippen molar-refractivity contribution in [3.63, 3.8) is 0 Å². The lowest BCUT2D eigenvalue weighted by Gasteiger charge is -2.37. The van der Waals surface area contributed by atoms with Gasteiger partial charge in [0, 0.05) is 18.1 Å². The van der Waals surface area contributed by atoms with Crippen molar-refractivity contribution in [1.29, 1.82) is 0 Å². The van der Waals surface area contributed by atoms with Crippen molar-refractivity contribution >= 4 is 28.1 Å². The molecule has 0 spiro atoms. The van der Waals surface area contributed by atoms with E-state index < -0.39 is 0 Å². The molecule has 1 aliphatic rings. The highest BCUT2D eigenvalue weighted by Crippen LogP contribution is 2.27. The van der Waals surface area contributed by atoms with Crippen molar-refractivity contribution in [2.24, 2.45) is 7.05 Å². The molecule has 24 heavy (non-hydrogen) atoms. The number of halogens is 1. The van der Waals surface area contributed by atoms with Gasteiger partial charge in [0.25, 0.3) is 5.91 Å². The number of amides is 1. The largest absolute Gasteiger partial charge is 0.367 e. The second kappa shape index (κ2) is 6.91. The Labute approximate surface area is 149 Å². The highest BCUT2D eigenvalue weighted by atomic mass is 79.9. The summed E-state index contributed by atoms with van der Waals surface area (Å²) in [5, 5.41) is 0. The molecule has 3 rings (SSSR count). The zero-order valence-corrected chi connectivity index (χ0v) is 15.2. The molecule has 1 saturated heterocycles. The molecule has 0 radical (unpaired) electrons. The first-order valence-corrected chi connectivity index (χ1v) is 8.60. The number of aldehydes is 1. The van der Waals surface area contributed by atoms with E-state index in [9.17, 15) is 9.59 Å². The quantitative estimate of drug-likeness (QED) is 0.756. The second-order valence-corrected chi connectivity index (χ2v) is 6.85. The van der Waals surface area contributed by atoms with Gasteiger partial charge in [0.15, 0.2) is 6.29 Å². The van der Waals surface area contributed by atoms with Gasteiger partial charge in [-0.3, -0.25) is 9.59 Å². The fourth-order valence-corrected chi connectivity index (χ4v) is 3.63. The molecule has 126 valence electrons. The monoisotopic (exact) mass is 390 g/mol. The molecule has 1 aromatic heterocycles. The number of aromatic nitrogens is 1. The molecule has 5 nitrogen and oxygen atoms in total. The second-order valence-electron chi connectivity index (χ2n) is 6.00. The number of morpholine rings is 1. The zero-order valence-electron chi connectivity index (χ0n) is 13.6. The fourth-order valence-electron chi connectivity index (χ4n) is 3.05. The van der Waals surface area contributed by atoms with Crippen molar-refractivity contribution in [2.75, 3.05) is 13.1 Å². The molecule has 6 heteroatoms. The first kappa shape index (κ1) is 16.9. The molecule has 1 aliphatic heterocycles. The molecular weight excluding hydrogens is 372 g/mol. The van der Waals surface area contributed by atoms with Crippen LogP contribution < -0.4 is 0 Å². The van der Waals surface area contributed by atoms with E-state index in [0.29, 0.717) is 29.0 Å². The molecule has 0 saturated carbocycles. The van der Waals surface area contributed by atoms with E-state index in [2.05, 4.69) is 15.9 Å². The van der Waals surface area contributed by atoms with E-state index in [4.69, 9.17) is 4.74 Å². The summed E-state index contributed by atoms with van der Waals surface area (Å²) in [6, 6.07) is 11.6. The molecule has 0 N–H and O–H groups in total. The van der Waals surface area contributed by atoms with Crippen LogP contribution in [0, 0.1) is 0 Å². The molecule has 0 bridgehead atoms. The van der Waals surface area contributed by atoms with Gasteiger partial charge in [0.1, 0.15) is 11.8 Å². The van der Waals surface area contributed by atoms with Gasteiger partial charge >= 0.3 is 0 Å². The predicted molar refractivity (Wildman–Crippen MR) is 94.1 cm³/mol. The van der Waals surface area contributed by atoms with Gasteiger partial charge in [0.2, 0.25) is 0 Å². The van der Waals surface area contributed by atoms with Crippen molar-refractivity contribution in [2.45, 2.75) is 19.1 Å². The number of ether oxygens (including phenoxy) is 1. The van der Waals surface area contributed by atoms with Crippen molar-refractivity contribution < 1.29 is 14.3 Å². The minimum Gasteiger partial charge on any atom is -0.367 e. The SMILES string of the molecule is C[C@H]1CN(C(=O)c2cc(Br)c(C=O)n2C)C[C@H](c2ccccc2)O1. The Morgan fingerprint density at radius 3 is 2.62 bits per heavy atom. The molecule has 1 fully saturated rings. The van der Waals surface area contributed by atoms with Gasteiger partial charge in [-0.1, -0.05) is 30.3 Å². The third-order valence-corrected chi connectivity index (χ3v) is 4.92. The number of hydrogen-bond acceptors (Lipinski definition) is 3. The number of benzene rings is 1.